The average molecular weight is 416 g/mol. The van der Waals surface area contributed by atoms with Crippen molar-refractivity contribution in [3.8, 4) is 10.6 Å². The van der Waals surface area contributed by atoms with E-state index in [-0.39, 0.29) is 5.91 Å². The van der Waals surface area contributed by atoms with Gasteiger partial charge < -0.3 is 0 Å². The van der Waals surface area contributed by atoms with E-state index in [0.717, 1.165) is 26.0 Å². The van der Waals surface area contributed by atoms with Crippen LogP contribution in [0.2, 0.25) is 5.02 Å². The smallest absolute Gasteiger partial charge is 0.276 e. The molecule has 1 N–H and O–H groups in total. The molecular weight excluding hydrogens is 402 g/mol. The van der Waals surface area contributed by atoms with E-state index in [4.69, 9.17) is 11.6 Å². The molecule has 4 rings (SSSR count). The summed E-state index contributed by atoms with van der Waals surface area (Å²) in [5, 5.41) is 10.7. The molecule has 0 saturated heterocycles. The van der Waals surface area contributed by atoms with Gasteiger partial charge in [-0.05, 0) is 11.6 Å². The Morgan fingerprint density at radius 3 is 2.93 bits per heavy atom. The Hall–Kier alpha value is -2.55. The lowest BCUT2D eigenvalue weighted by Crippen LogP contribution is -2.11. The molecule has 27 heavy (non-hydrogen) atoms. The Morgan fingerprint density at radius 1 is 1.30 bits per heavy atom. The number of benzene rings is 1. The summed E-state index contributed by atoms with van der Waals surface area (Å²) in [6.45, 7) is 0. The lowest BCUT2D eigenvalue weighted by Gasteiger charge is -2.00. The molecule has 0 aliphatic rings. The maximum Gasteiger partial charge on any atom is 0.276 e. The van der Waals surface area contributed by atoms with Crippen LogP contribution in [0.25, 0.3) is 10.6 Å². The first-order chi connectivity index (χ1) is 13.1. The summed E-state index contributed by atoms with van der Waals surface area (Å²) in [6.07, 6.45) is 6.02. The van der Waals surface area contributed by atoms with Crippen molar-refractivity contribution in [1.29, 1.82) is 0 Å². The van der Waals surface area contributed by atoms with Crippen molar-refractivity contribution in [2.75, 3.05) is 5.32 Å². The second-order valence-electron chi connectivity index (χ2n) is 5.79. The number of carbonyl (C=O) groups excluding carboxylic acids is 1. The summed E-state index contributed by atoms with van der Waals surface area (Å²) in [4.78, 5) is 22.1. The van der Waals surface area contributed by atoms with Gasteiger partial charge in [-0.2, -0.15) is 5.10 Å². The number of amides is 1. The van der Waals surface area contributed by atoms with Crippen molar-refractivity contribution in [3.63, 3.8) is 0 Å². The van der Waals surface area contributed by atoms with Gasteiger partial charge in [-0.25, -0.2) is 9.97 Å². The minimum Gasteiger partial charge on any atom is -0.296 e. The van der Waals surface area contributed by atoms with Crippen molar-refractivity contribution in [2.24, 2.45) is 7.05 Å². The van der Waals surface area contributed by atoms with Crippen LogP contribution in [0.3, 0.4) is 0 Å². The summed E-state index contributed by atoms with van der Waals surface area (Å²) in [5.41, 5.74) is 2.28. The molecule has 6 nitrogen and oxygen atoms in total. The highest BCUT2D eigenvalue weighted by atomic mass is 35.5. The average Bonchev–Trinajstić information content (AvgIpc) is 3.38. The van der Waals surface area contributed by atoms with Gasteiger partial charge in [0.05, 0.1) is 6.20 Å². The number of hydrogen-bond acceptors (Lipinski definition) is 6. The SMILES string of the molecule is Cn1cc(-c2nc(C(=O)Nc3ncc(Cc4ccccc4Cl)s3)cs2)cn1. The third kappa shape index (κ3) is 4.08. The van der Waals surface area contributed by atoms with E-state index in [1.54, 1.807) is 22.5 Å². The van der Waals surface area contributed by atoms with E-state index in [1.807, 2.05) is 37.5 Å². The van der Waals surface area contributed by atoms with Gasteiger partial charge in [0.15, 0.2) is 5.13 Å². The number of aryl methyl sites for hydroxylation is 1. The quantitative estimate of drug-likeness (QED) is 0.521. The number of thiazole rings is 2. The first kappa shape index (κ1) is 17.8. The summed E-state index contributed by atoms with van der Waals surface area (Å²) in [7, 11) is 1.84. The second-order valence-corrected chi connectivity index (χ2v) is 8.18. The maximum absolute atomic E-state index is 12.4. The van der Waals surface area contributed by atoms with Gasteiger partial charge in [0, 0.05) is 46.7 Å². The van der Waals surface area contributed by atoms with Crippen molar-refractivity contribution in [3.05, 3.63) is 69.4 Å². The number of aromatic nitrogens is 4. The standard InChI is InChI=1S/C18H14ClN5OS2/c1-24-9-12(7-21-24)17-22-15(10-26-17)16(25)23-18-20-8-13(27-18)6-11-4-2-3-5-14(11)19/h2-5,7-10H,6H2,1H3,(H,20,23,25). The molecular formula is C18H14ClN5OS2. The van der Waals surface area contributed by atoms with Crippen LogP contribution in [-0.4, -0.2) is 25.7 Å². The zero-order valence-electron chi connectivity index (χ0n) is 14.2. The van der Waals surface area contributed by atoms with E-state index >= 15 is 0 Å². The zero-order valence-corrected chi connectivity index (χ0v) is 16.6. The largest absolute Gasteiger partial charge is 0.296 e. The molecule has 0 spiro atoms. The molecule has 0 unspecified atom stereocenters. The topological polar surface area (TPSA) is 72.7 Å². The van der Waals surface area contributed by atoms with Crippen LogP contribution < -0.4 is 5.32 Å². The molecule has 136 valence electrons. The summed E-state index contributed by atoms with van der Waals surface area (Å²) < 4.78 is 1.70. The van der Waals surface area contributed by atoms with Crippen LogP contribution in [-0.2, 0) is 13.5 Å². The normalized spacial score (nSPS) is 10.9. The summed E-state index contributed by atoms with van der Waals surface area (Å²) >= 11 is 9.03. The summed E-state index contributed by atoms with van der Waals surface area (Å²) in [5.74, 6) is -0.278. The lowest BCUT2D eigenvalue weighted by atomic mass is 10.1. The maximum atomic E-state index is 12.4. The van der Waals surface area contributed by atoms with Gasteiger partial charge in [-0.3, -0.25) is 14.8 Å². The molecule has 0 aliphatic heterocycles. The molecule has 4 aromatic rings. The van der Waals surface area contributed by atoms with Crippen molar-refractivity contribution < 1.29 is 4.79 Å². The van der Waals surface area contributed by atoms with Crippen LogP contribution in [0.4, 0.5) is 5.13 Å². The minimum atomic E-state index is -0.278. The highest BCUT2D eigenvalue weighted by Crippen LogP contribution is 2.26. The fraction of sp³-hybridized carbons (Fsp3) is 0.111. The molecule has 0 bridgehead atoms. The summed E-state index contributed by atoms with van der Waals surface area (Å²) in [6, 6.07) is 7.70. The third-order valence-corrected chi connectivity index (χ3v) is 5.96. The van der Waals surface area contributed by atoms with Gasteiger partial charge >= 0.3 is 0 Å². The number of nitrogens with one attached hydrogen (secondary N) is 1. The number of hydrogen-bond donors (Lipinski definition) is 1. The molecule has 0 atom stereocenters. The van der Waals surface area contributed by atoms with Crippen LogP contribution in [0.1, 0.15) is 20.9 Å². The Morgan fingerprint density at radius 2 is 2.15 bits per heavy atom. The number of anilines is 1. The molecule has 0 saturated carbocycles. The molecule has 9 heteroatoms. The molecule has 1 aromatic carbocycles. The zero-order chi connectivity index (χ0) is 18.8. The lowest BCUT2D eigenvalue weighted by molar-refractivity contribution is 0.102. The third-order valence-electron chi connectivity index (χ3n) is 3.79. The molecule has 3 heterocycles. The van der Waals surface area contributed by atoms with Crippen molar-refractivity contribution >= 4 is 45.3 Å². The number of nitrogens with zero attached hydrogens (tertiary/aromatic N) is 4. The van der Waals surface area contributed by atoms with Gasteiger partial charge in [-0.1, -0.05) is 29.8 Å². The number of rotatable bonds is 5. The Balaban J connectivity index is 1.44. The molecule has 1 amide bonds. The van der Waals surface area contributed by atoms with Gasteiger partial charge in [0.25, 0.3) is 5.91 Å². The van der Waals surface area contributed by atoms with Crippen LogP contribution in [0, 0.1) is 0 Å². The van der Waals surface area contributed by atoms with E-state index in [1.165, 1.54) is 22.7 Å². The Kier molecular flexibility index (Phi) is 5.02. The fourth-order valence-electron chi connectivity index (χ4n) is 2.48. The molecule has 3 aromatic heterocycles. The second kappa shape index (κ2) is 7.59. The van der Waals surface area contributed by atoms with E-state index in [0.29, 0.717) is 17.2 Å². The van der Waals surface area contributed by atoms with E-state index in [2.05, 4.69) is 20.4 Å². The van der Waals surface area contributed by atoms with Crippen molar-refractivity contribution in [2.45, 2.75) is 6.42 Å². The fourth-order valence-corrected chi connectivity index (χ4v) is 4.29. The number of carbonyl (C=O) groups is 1. The van der Waals surface area contributed by atoms with Gasteiger partial charge in [-0.15, -0.1) is 22.7 Å². The first-order valence-electron chi connectivity index (χ1n) is 8.02. The van der Waals surface area contributed by atoms with Gasteiger partial charge in [0.1, 0.15) is 10.7 Å². The minimum absolute atomic E-state index is 0.278. The van der Waals surface area contributed by atoms with E-state index < -0.39 is 0 Å². The van der Waals surface area contributed by atoms with Crippen LogP contribution in [0.15, 0.2) is 48.2 Å². The predicted octanol–water partition coefficient (Wildman–Crippen LogP) is 4.50. The Bertz CT molecular complexity index is 1100. The van der Waals surface area contributed by atoms with Crippen molar-refractivity contribution in [1.82, 2.24) is 19.7 Å². The Labute approximate surface area is 168 Å². The van der Waals surface area contributed by atoms with Crippen LogP contribution in [0.5, 0.6) is 0 Å². The van der Waals surface area contributed by atoms with E-state index in [9.17, 15) is 4.79 Å². The van der Waals surface area contributed by atoms with Gasteiger partial charge in [0.2, 0.25) is 0 Å². The molecule has 0 aliphatic carbocycles. The highest BCUT2D eigenvalue weighted by molar-refractivity contribution is 7.15. The predicted molar refractivity (Wildman–Crippen MR) is 109 cm³/mol. The first-order valence-corrected chi connectivity index (χ1v) is 10.1. The van der Waals surface area contributed by atoms with Crippen LogP contribution >= 0.6 is 34.3 Å². The highest BCUT2D eigenvalue weighted by Gasteiger charge is 2.15. The number of halogens is 1. The molecule has 0 fully saturated rings. The molecule has 0 radical (unpaired) electrons. The monoisotopic (exact) mass is 415 g/mol.